The molecule has 0 aliphatic carbocycles. The van der Waals surface area contributed by atoms with Crippen molar-refractivity contribution in [1.82, 2.24) is 14.9 Å². The van der Waals surface area contributed by atoms with Crippen molar-refractivity contribution in [3.63, 3.8) is 0 Å². The van der Waals surface area contributed by atoms with Crippen molar-refractivity contribution < 1.29 is 4.79 Å². The van der Waals surface area contributed by atoms with Gasteiger partial charge in [-0.25, -0.2) is 4.98 Å². The van der Waals surface area contributed by atoms with Crippen molar-refractivity contribution in [2.75, 3.05) is 6.54 Å². The summed E-state index contributed by atoms with van der Waals surface area (Å²) in [5.74, 6) is -0.149. The predicted octanol–water partition coefficient (Wildman–Crippen LogP) is 1.20. The number of hydrogen-bond acceptors (Lipinski definition) is 3. The Hall–Kier alpha value is -2.14. The molecular formula is C15H20N4O. The minimum absolute atomic E-state index is 0.0598. The van der Waals surface area contributed by atoms with E-state index in [2.05, 4.69) is 22.4 Å². The molecule has 2 rings (SSSR count). The van der Waals surface area contributed by atoms with E-state index in [9.17, 15) is 4.79 Å². The summed E-state index contributed by atoms with van der Waals surface area (Å²) >= 11 is 0. The van der Waals surface area contributed by atoms with Crippen LogP contribution in [0.5, 0.6) is 0 Å². The molecule has 3 N–H and O–H groups in total. The molecule has 0 bridgehead atoms. The Morgan fingerprint density at radius 2 is 2.15 bits per heavy atom. The number of hydrogen-bond donors (Lipinski definition) is 2. The molecular weight excluding hydrogens is 252 g/mol. The molecule has 0 saturated heterocycles. The van der Waals surface area contributed by atoms with E-state index >= 15 is 0 Å². The Morgan fingerprint density at radius 1 is 1.40 bits per heavy atom. The average molecular weight is 272 g/mol. The average Bonchev–Trinajstić information content (AvgIpc) is 2.89. The molecule has 0 saturated carbocycles. The molecule has 1 unspecified atom stereocenters. The zero-order valence-corrected chi connectivity index (χ0v) is 11.6. The predicted molar refractivity (Wildman–Crippen MR) is 78.4 cm³/mol. The number of nitrogens with zero attached hydrogens (tertiary/aromatic N) is 2. The number of aromatic nitrogens is 2. The summed E-state index contributed by atoms with van der Waals surface area (Å²) < 4.78 is 1.82. The number of rotatable bonds is 6. The highest BCUT2D eigenvalue weighted by Gasteiger charge is 2.12. The Morgan fingerprint density at radius 3 is 2.85 bits per heavy atom. The highest BCUT2D eigenvalue weighted by atomic mass is 16.1. The lowest BCUT2D eigenvalue weighted by Crippen LogP contribution is -2.34. The summed E-state index contributed by atoms with van der Waals surface area (Å²) in [4.78, 5) is 16.1. The van der Waals surface area contributed by atoms with Gasteiger partial charge in [-0.2, -0.15) is 0 Å². The van der Waals surface area contributed by atoms with Gasteiger partial charge >= 0.3 is 0 Å². The molecule has 106 valence electrons. The van der Waals surface area contributed by atoms with Gasteiger partial charge in [0.15, 0.2) is 0 Å². The lowest BCUT2D eigenvalue weighted by molar-refractivity contribution is 0.0935. The minimum Gasteiger partial charge on any atom is -0.348 e. The summed E-state index contributed by atoms with van der Waals surface area (Å²) in [6, 6.07) is 10.1. The smallest absolute Gasteiger partial charge is 0.271 e. The van der Waals surface area contributed by atoms with Gasteiger partial charge < -0.3 is 15.6 Å². The van der Waals surface area contributed by atoms with Crippen LogP contribution in [0.4, 0.5) is 0 Å². The van der Waals surface area contributed by atoms with Crippen LogP contribution in [0, 0.1) is 0 Å². The molecule has 0 fully saturated rings. The molecule has 1 aromatic heterocycles. The monoisotopic (exact) mass is 272 g/mol. The van der Waals surface area contributed by atoms with Gasteiger partial charge in [-0.1, -0.05) is 30.3 Å². The normalized spacial score (nSPS) is 12.1. The van der Waals surface area contributed by atoms with Gasteiger partial charge in [0.25, 0.3) is 5.91 Å². The highest BCUT2D eigenvalue weighted by molar-refractivity contribution is 5.92. The Balaban J connectivity index is 1.90. The second kappa shape index (κ2) is 6.86. The first kappa shape index (κ1) is 14.3. The van der Waals surface area contributed by atoms with Crippen molar-refractivity contribution in [3.05, 3.63) is 54.1 Å². The lowest BCUT2D eigenvalue weighted by atomic mass is 10.1. The molecule has 0 aliphatic heterocycles. The van der Waals surface area contributed by atoms with Gasteiger partial charge in [-0.05, 0) is 18.9 Å². The molecule has 0 spiro atoms. The number of amides is 1. The van der Waals surface area contributed by atoms with Gasteiger partial charge in [-0.3, -0.25) is 4.79 Å². The van der Waals surface area contributed by atoms with Crippen molar-refractivity contribution in [2.45, 2.75) is 25.9 Å². The van der Waals surface area contributed by atoms with Crippen molar-refractivity contribution in [1.29, 1.82) is 0 Å². The van der Waals surface area contributed by atoms with Crippen LogP contribution in [0.3, 0.4) is 0 Å². The van der Waals surface area contributed by atoms with E-state index < -0.39 is 0 Å². The fourth-order valence-electron chi connectivity index (χ4n) is 2.07. The first-order valence-electron chi connectivity index (χ1n) is 6.75. The van der Waals surface area contributed by atoms with Crippen molar-refractivity contribution >= 4 is 5.91 Å². The summed E-state index contributed by atoms with van der Waals surface area (Å²) in [7, 11) is 0. The Bertz CT molecular complexity index is 550. The van der Waals surface area contributed by atoms with Crippen LogP contribution in [0.15, 0.2) is 42.9 Å². The van der Waals surface area contributed by atoms with E-state index in [1.807, 2.05) is 29.7 Å². The second-order valence-corrected chi connectivity index (χ2v) is 4.85. The number of nitrogens with two attached hydrogens (primary N) is 1. The third-order valence-electron chi connectivity index (χ3n) is 3.02. The van der Waals surface area contributed by atoms with E-state index in [0.29, 0.717) is 18.8 Å². The molecule has 5 nitrogen and oxygen atoms in total. The first-order valence-corrected chi connectivity index (χ1v) is 6.75. The zero-order valence-electron chi connectivity index (χ0n) is 11.6. The van der Waals surface area contributed by atoms with Crippen LogP contribution in [0.2, 0.25) is 0 Å². The maximum absolute atomic E-state index is 12.0. The van der Waals surface area contributed by atoms with Crippen LogP contribution in [-0.4, -0.2) is 28.0 Å². The fraction of sp³-hybridized carbons (Fsp3) is 0.333. The van der Waals surface area contributed by atoms with E-state index in [-0.39, 0.29) is 11.9 Å². The third-order valence-corrected chi connectivity index (χ3v) is 3.02. The molecule has 0 radical (unpaired) electrons. The maximum atomic E-state index is 12.0. The van der Waals surface area contributed by atoms with E-state index in [1.165, 1.54) is 5.56 Å². The molecule has 1 amide bonds. The van der Waals surface area contributed by atoms with Gasteiger partial charge in [0.05, 0.1) is 6.33 Å². The summed E-state index contributed by atoms with van der Waals surface area (Å²) in [6.45, 7) is 3.18. The molecule has 1 atom stereocenters. The molecule has 1 aromatic carbocycles. The minimum atomic E-state index is -0.149. The summed E-state index contributed by atoms with van der Waals surface area (Å²) in [5.41, 5.74) is 7.10. The number of carbonyl (C=O) groups excluding carboxylic acids is 1. The summed E-state index contributed by atoms with van der Waals surface area (Å²) in [6.07, 6.45) is 4.15. The SMILES string of the molecule is CC(Cc1ccccc1)NC(=O)c1cn(CCN)cn1. The molecule has 1 heterocycles. The van der Waals surface area contributed by atoms with Crippen LogP contribution in [-0.2, 0) is 13.0 Å². The zero-order chi connectivity index (χ0) is 14.4. The van der Waals surface area contributed by atoms with E-state index in [4.69, 9.17) is 5.73 Å². The van der Waals surface area contributed by atoms with Gasteiger partial charge in [0.1, 0.15) is 5.69 Å². The first-order chi connectivity index (χ1) is 9.69. The highest BCUT2D eigenvalue weighted by Crippen LogP contribution is 2.04. The molecule has 5 heteroatoms. The quantitative estimate of drug-likeness (QED) is 0.830. The van der Waals surface area contributed by atoms with Crippen molar-refractivity contribution in [3.8, 4) is 0 Å². The van der Waals surface area contributed by atoms with Crippen LogP contribution < -0.4 is 11.1 Å². The largest absolute Gasteiger partial charge is 0.348 e. The maximum Gasteiger partial charge on any atom is 0.271 e. The van der Waals surface area contributed by atoms with Crippen molar-refractivity contribution in [2.24, 2.45) is 5.73 Å². The van der Waals surface area contributed by atoms with E-state index in [0.717, 1.165) is 6.42 Å². The Labute approximate surface area is 118 Å². The summed E-state index contributed by atoms with van der Waals surface area (Å²) in [5, 5.41) is 2.95. The number of nitrogens with one attached hydrogen (secondary N) is 1. The third kappa shape index (κ3) is 3.93. The Kier molecular flexibility index (Phi) is 4.90. The van der Waals surface area contributed by atoms with Crippen LogP contribution >= 0.6 is 0 Å². The van der Waals surface area contributed by atoms with Gasteiger partial charge in [0, 0.05) is 25.3 Å². The number of benzene rings is 1. The standard InChI is InChI=1S/C15H20N4O/c1-12(9-13-5-3-2-4-6-13)18-15(20)14-10-19(8-7-16)11-17-14/h2-6,10-12H,7-9,16H2,1H3,(H,18,20). The number of imidazole rings is 1. The van der Waals surface area contributed by atoms with E-state index in [1.54, 1.807) is 12.5 Å². The molecule has 20 heavy (non-hydrogen) atoms. The van der Waals surface area contributed by atoms with Gasteiger partial charge in [0.2, 0.25) is 0 Å². The van der Waals surface area contributed by atoms with Gasteiger partial charge in [-0.15, -0.1) is 0 Å². The van der Waals surface area contributed by atoms with Crippen LogP contribution in [0.25, 0.3) is 0 Å². The molecule has 2 aromatic rings. The fourth-order valence-corrected chi connectivity index (χ4v) is 2.07. The molecule has 0 aliphatic rings. The number of carbonyl (C=O) groups is 1. The van der Waals surface area contributed by atoms with Crippen LogP contribution in [0.1, 0.15) is 23.0 Å². The lowest BCUT2D eigenvalue weighted by Gasteiger charge is -2.12. The second-order valence-electron chi connectivity index (χ2n) is 4.85. The topological polar surface area (TPSA) is 72.9 Å².